The number of imidazole rings is 1. The predicted molar refractivity (Wildman–Crippen MR) is 93.0 cm³/mol. The molecule has 2 heterocycles. The van der Waals surface area contributed by atoms with Crippen molar-refractivity contribution in [2.45, 2.75) is 0 Å². The van der Waals surface area contributed by atoms with Crippen molar-refractivity contribution in [2.75, 3.05) is 0 Å². The highest BCUT2D eigenvalue weighted by Crippen LogP contribution is 2.29. The van der Waals surface area contributed by atoms with E-state index in [4.69, 9.17) is 0 Å². The number of para-hydroxylation sites is 3. The Bertz CT molecular complexity index is 938. The Morgan fingerprint density at radius 2 is 1.78 bits per heavy atom. The number of aromatic amines is 1. The third-order valence-corrected chi connectivity index (χ3v) is 3.59. The second-order valence-corrected chi connectivity index (χ2v) is 5.16. The van der Waals surface area contributed by atoms with Gasteiger partial charge in [-0.05, 0) is 30.3 Å². The predicted octanol–water partition coefficient (Wildman–Crippen LogP) is 4.38. The van der Waals surface area contributed by atoms with Gasteiger partial charge < -0.3 is 4.98 Å². The molecule has 0 aliphatic heterocycles. The van der Waals surface area contributed by atoms with Gasteiger partial charge >= 0.3 is 0 Å². The molecule has 0 saturated carbocycles. The topological polar surface area (TPSA) is 53.9 Å². The molecule has 0 bridgehead atoms. The largest absolute Gasteiger partial charge is 0.338 e. The first-order valence-corrected chi connectivity index (χ1v) is 7.38. The maximum atomic E-state index is 4.66. The lowest BCUT2D eigenvalue weighted by Gasteiger charge is -2.02. The number of rotatable bonds is 3. The number of benzene rings is 2. The monoisotopic (exact) mass is 298 g/mol. The zero-order valence-electron chi connectivity index (χ0n) is 12.3. The van der Waals surface area contributed by atoms with E-state index in [2.05, 4.69) is 19.9 Å². The van der Waals surface area contributed by atoms with Crippen molar-refractivity contribution in [1.29, 1.82) is 0 Å². The molecule has 0 aliphatic carbocycles. The van der Waals surface area contributed by atoms with E-state index >= 15 is 0 Å². The number of nitrogens with one attached hydrogen (secondary N) is 1. The van der Waals surface area contributed by atoms with Crippen LogP contribution < -0.4 is 0 Å². The fourth-order valence-electron chi connectivity index (χ4n) is 2.46. The summed E-state index contributed by atoms with van der Waals surface area (Å²) in [5.74, 6) is 0.824. The van der Waals surface area contributed by atoms with Crippen LogP contribution in [0.3, 0.4) is 0 Å². The highest BCUT2D eigenvalue weighted by atomic mass is 14.9. The maximum absolute atomic E-state index is 4.66. The standard InChI is InChI=1S/C19H14N4/c1-2-8-16(21-13-14-6-5-11-20-12-14)15(7-1)19-22-17-9-3-4-10-18(17)23-19/h1-13H,(H,22,23). The van der Waals surface area contributed by atoms with Crippen LogP contribution >= 0.6 is 0 Å². The van der Waals surface area contributed by atoms with E-state index in [9.17, 15) is 0 Å². The van der Waals surface area contributed by atoms with Gasteiger partial charge in [0, 0.05) is 29.7 Å². The van der Waals surface area contributed by atoms with Crippen molar-refractivity contribution in [1.82, 2.24) is 15.0 Å². The smallest absolute Gasteiger partial charge is 0.140 e. The molecule has 0 atom stereocenters. The second-order valence-electron chi connectivity index (χ2n) is 5.16. The summed E-state index contributed by atoms with van der Waals surface area (Å²) in [5.41, 5.74) is 4.79. The van der Waals surface area contributed by atoms with Gasteiger partial charge in [-0.2, -0.15) is 0 Å². The first kappa shape index (κ1) is 13.4. The van der Waals surface area contributed by atoms with E-state index in [0.717, 1.165) is 33.7 Å². The number of H-pyrrole nitrogens is 1. The van der Waals surface area contributed by atoms with Gasteiger partial charge in [-0.1, -0.05) is 30.3 Å². The summed E-state index contributed by atoms with van der Waals surface area (Å²) in [7, 11) is 0. The summed E-state index contributed by atoms with van der Waals surface area (Å²) in [4.78, 5) is 16.7. The van der Waals surface area contributed by atoms with Gasteiger partial charge in [-0.15, -0.1) is 0 Å². The maximum Gasteiger partial charge on any atom is 0.140 e. The molecule has 4 nitrogen and oxygen atoms in total. The number of hydrogen-bond acceptors (Lipinski definition) is 3. The van der Waals surface area contributed by atoms with Crippen molar-refractivity contribution in [2.24, 2.45) is 4.99 Å². The van der Waals surface area contributed by atoms with E-state index in [1.807, 2.05) is 66.9 Å². The molecule has 0 radical (unpaired) electrons. The number of aliphatic imine (C=N–C) groups is 1. The molecule has 2 aromatic carbocycles. The molecule has 23 heavy (non-hydrogen) atoms. The third-order valence-electron chi connectivity index (χ3n) is 3.59. The minimum atomic E-state index is 0.824. The molecule has 4 heteroatoms. The second kappa shape index (κ2) is 5.85. The zero-order valence-corrected chi connectivity index (χ0v) is 12.3. The molecule has 0 aliphatic rings. The summed E-state index contributed by atoms with van der Waals surface area (Å²) in [6.07, 6.45) is 5.35. The number of pyridine rings is 1. The van der Waals surface area contributed by atoms with Gasteiger partial charge in [0.25, 0.3) is 0 Å². The Morgan fingerprint density at radius 3 is 2.65 bits per heavy atom. The van der Waals surface area contributed by atoms with Crippen LogP contribution in [0.15, 0.2) is 78.0 Å². The van der Waals surface area contributed by atoms with E-state index in [1.54, 1.807) is 12.4 Å². The van der Waals surface area contributed by atoms with E-state index in [0.29, 0.717) is 0 Å². The Labute approximate surface area is 133 Å². The van der Waals surface area contributed by atoms with Crippen molar-refractivity contribution >= 4 is 22.9 Å². The molecule has 110 valence electrons. The number of fused-ring (bicyclic) bond motifs is 1. The Balaban J connectivity index is 1.76. The average Bonchev–Trinajstić information content (AvgIpc) is 3.05. The van der Waals surface area contributed by atoms with E-state index in [-0.39, 0.29) is 0 Å². The highest BCUT2D eigenvalue weighted by molar-refractivity contribution is 5.86. The van der Waals surface area contributed by atoms with Gasteiger partial charge in [0.05, 0.1) is 16.7 Å². The minimum absolute atomic E-state index is 0.824. The van der Waals surface area contributed by atoms with Crippen LogP contribution in [0.1, 0.15) is 5.56 Å². The van der Waals surface area contributed by atoms with Crippen molar-refractivity contribution in [3.8, 4) is 11.4 Å². The molecule has 0 amide bonds. The number of nitrogens with zero attached hydrogens (tertiary/aromatic N) is 3. The first-order valence-electron chi connectivity index (χ1n) is 7.38. The van der Waals surface area contributed by atoms with E-state index < -0.39 is 0 Å². The van der Waals surface area contributed by atoms with Gasteiger partial charge in [0.2, 0.25) is 0 Å². The molecule has 0 saturated heterocycles. The Morgan fingerprint density at radius 1 is 0.913 bits per heavy atom. The van der Waals surface area contributed by atoms with Crippen molar-refractivity contribution < 1.29 is 0 Å². The molecule has 0 fully saturated rings. The van der Waals surface area contributed by atoms with E-state index in [1.165, 1.54) is 0 Å². The molecule has 2 aromatic heterocycles. The quantitative estimate of drug-likeness (QED) is 0.571. The van der Waals surface area contributed by atoms with Gasteiger partial charge in [-0.3, -0.25) is 9.98 Å². The van der Waals surface area contributed by atoms with Gasteiger partial charge in [0.15, 0.2) is 0 Å². The molecule has 4 aromatic rings. The molecule has 0 unspecified atom stereocenters. The minimum Gasteiger partial charge on any atom is -0.338 e. The SMILES string of the molecule is C(=Nc1ccccc1-c1nc2ccccc2[nH]1)c1cccnc1. The molecular formula is C19H14N4. The third kappa shape index (κ3) is 2.74. The van der Waals surface area contributed by atoms with Crippen molar-refractivity contribution in [3.63, 3.8) is 0 Å². The van der Waals surface area contributed by atoms with Crippen LogP contribution in [-0.2, 0) is 0 Å². The molecule has 4 rings (SSSR count). The van der Waals surface area contributed by atoms with Crippen LogP contribution in [0, 0.1) is 0 Å². The van der Waals surface area contributed by atoms with Crippen LogP contribution in [-0.4, -0.2) is 21.2 Å². The lowest BCUT2D eigenvalue weighted by atomic mass is 10.1. The summed E-state index contributed by atoms with van der Waals surface area (Å²) < 4.78 is 0. The molecule has 1 N–H and O–H groups in total. The zero-order chi connectivity index (χ0) is 15.5. The van der Waals surface area contributed by atoms with Gasteiger partial charge in [-0.25, -0.2) is 4.98 Å². The average molecular weight is 298 g/mol. The normalized spacial score (nSPS) is 11.3. The number of aromatic nitrogens is 3. The fourth-order valence-corrected chi connectivity index (χ4v) is 2.46. The van der Waals surface area contributed by atoms with Crippen LogP contribution in [0.25, 0.3) is 22.4 Å². The lowest BCUT2D eigenvalue weighted by molar-refractivity contribution is 1.31. The van der Waals surface area contributed by atoms with Crippen LogP contribution in [0.2, 0.25) is 0 Å². The highest BCUT2D eigenvalue weighted by Gasteiger charge is 2.08. The molecular weight excluding hydrogens is 284 g/mol. The summed E-state index contributed by atoms with van der Waals surface area (Å²) in [6, 6.07) is 19.8. The Hall–Kier alpha value is -3.27. The first-order chi connectivity index (χ1) is 11.4. The number of hydrogen-bond donors (Lipinski definition) is 1. The van der Waals surface area contributed by atoms with Crippen LogP contribution in [0.5, 0.6) is 0 Å². The summed E-state index contributed by atoms with van der Waals surface area (Å²) in [6.45, 7) is 0. The molecule has 0 spiro atoms. The summed E-state index contributed by atoms with van der Waals surface area (Å²) in [5, 5.41) is 0. The fraction of sp³-hybridized carbons (Fsp3) is 0. The van der Waals surface area contributed by atoms with Crippen LogP contribution in [0.4, 0.5) is 5.69 Å². The Kier molecular flexibility index (Phi) is 3.41. The lowest BCUT2D eigenvalue weighted by Crippen LogP contribution is -1.84. The van der Waals surface area contributed by atoms with Crippen molar-refractivity contribution in [3.05, 3.63) is 78.6 Å². The summed E-state index contributed by atoms with van der Waals surface area (Å²) >= 11 is 0. The van der Waals surface area contributed by atoms with Gasteiger partial charge in [0.1, 0.15) is 5.82 Å².